The first-order valence-corrected chi connectivity index (χ1v) is 4.62. The summed E-state index contributed by atoms with van der Waals surface area (Å²) in [7, 11) is 1.62. The maximum Gasteiger partial charge on any atom is 0.217 e. The summed E-state index contributed by atoms with van der Waals surface area (Å²) in [5.41, 5.74) is 1.06. The molecule has 0 spiro atoms. The molecule has 0 amide bonds. The van der Waals surface area contributed by atoms with Crippen molar-refractivity contribution >= 4 is 11.6 Å². The number of pyridine rings is 1. The van der Waals surface area contributed by atoms with E-state index in [1.807, 2.05) is 6.07 Å². The quantitative estimate of drug-likeness (QED) is 0.787. The van der Waals surface area contributed by atoms with Crippen LogP contribution in [0.1, 0.15) is 18.0 Å². The van der Waals surface area contributed by atoms with Crippen molar-refractivity contribution in [2.45, 2.75) is 12.5 Å². The highest BCUT2D eigenvalue weighted by Gasteiger charge is 2.22. The van der Waals surface area contributed by atoms with E-state index in [0.29, 0.717) is 16.9 Å². The summed E-state index contributed by atoms with van der Waals surface area (Å²) in [4.78, 5) is 4.11. The second kappa shape index (κ2) is 3.52. The topological polar surface area (TPSA) is 34.1 Å². The third kappa shape index (κ3) is 1.62. The second-order valence-corrected chi connectivity index (χ2v) is 3.48. The first-order chi connectivity index (χ1) is 6.31. The summed E-state index contributed by atoms with van der Waals surface area (Å²) >= 11 is 5.85. The lowest BCUT2D eigenvalue weighted by Gasteiger charge is -2.28. The largest absolute Gasteiger partial charge is 0.481 e. The van der Waals surface area contributed by atoms with E-state index in [1.54, 1.807) is 13.3 Å². The highest BCUT2D eigenvalue weighted by molar-refractivity contribution is 6.30. The summed E-state index contributed by atoms with van der Waals surface area (Å²) in [5.74, 6) is 0.668. The summed E-state index contributed by atoms with van der Waals surface area (Å²) in [6.07, 6.45) is 2.72. The fourth-order valence-corrected chi connectivity index (χ4v) is 1.58. The highest BCUT2D eigenvalue weighted by Crippen LogP contribution is 2.30. The van der Waals surface area contributed by atoms with Crippen LogP contribution < -0.4 is 10.1 Å². The van der Waals surface area contributed by atoms with Gasteiger partial charge >= 0.3 is 0 Å². The predicted octanol–water partition coefficient (Wildman–Crippen LogP) is 1.78. The Bertz CT molecular complexity index is 312. The monoisotopic (exact) mass is 198 g/mol. The summed E-state index contributed by atoms with van der Waals surface area (Å²) < 4.78 is 5.15. The highest BCUT2D eigenvalue weighted by atomic mass is 35.5. The number of rotatable bonds is 2. The molecule has 2 heterocycles. The molecule has 4 heteroatoms. The zero-order valence-corrected chi connectivity index (χ0v) is 8.14. The molecule has 3 nitrogen and oxygen atoms in total. The molecule has 13 heavy (non-hydrogen) atoms. The predicted molar refractivity (Wildman–Crippen MR) is 51.2 cm³/mol. The maximum absolute atomic E-state index is 5.85. The second-order valence-electron chi connectivity index (χ2n) is 3.05. The molecule has 1 aromatic rings. The SMILES string of the molecule is COc1ncc(Cl)cc1C1CCN1. The van der Waals surface area contributed by atoms with Crippen molar-refractivity contribution in [3.05, 3.63) is 22.8 Å². The average Bonchev–Trinajstić information content (AvgIpc) is 2.02. The molecule has 1 atom stereocenters. The van der Waals surface area contributed by atoms with E-state index in [1.165, 1.54) is 0 Å². The Kier molecular flexibility index (Phi) is 2.38. The smallest absolute Gasteiger partial charge is 0.217 e. The van der Waals surface area contributed by atoms with Crippen LogP contribution in [0.3, 0.4) is 0 Å². The molecule has 0 aromatic carbocycles. The number of halogens is 1. The lowest BCUT2D eigenvalue weighted by Crippen LogP contribution is -2.35. The van der Waals surface area contributed by atoms with Crippen LogP contribution in [0.2, 0.25) is 5.02 Å². The molecular formula is C9H11ClN2O. The van der Waals surface area contributed by atoms with Crippen molar-refractivity contribution in [1.82, 2.24) is 10.3 Å². The van der Waals surface area contributed by atoms with Crippen molar-refractivity contribution in [1.29, 1.82) is 0 Å². The minimum Gasteiger partial charge on any atom is -0.481 e. The molecule has 1 saturated heterocycles. The minimum atomic E-state index is 0.362. The van der Waals surface area contributed by atoms with Crippen LogP contribution in [-0.4, -0.2) is 18.6 Å². The Morgan fingerprint density at radius 2 is 2.46 bits per heavy atom. The molecule has 1 aliphatic heterocycles. The van der Waals surface area contributed by atoms with Gasteiger partial charge in [0.1, 0.15) is 0 Å². The molecule has 1 unspecified atom stereocenters. The van der Waals surface area contributed by atoms with Gasteiger partial charge in [0.25, 0.3) is 0 Å². The maximum atomic E-state index is 5.85. The van der Waals surface area contributed by atoms with E-state index in [4.69, 9.17) is 16.3 Å². The van der Waals surface area contributed by atoms with E-state index < -0.39 is 0 Å². The Morgan fingerprint density at radius 3 is 3.00 bits per heavy atom. The number of methoxy groups -OCH3 is 1. The molecule has 1 aliphatic rings. The number of hydrogen-bond donors (Lipinski definition) is 1. The van der Waals surface area contributed by atoms with Crippen molar-refractivity contribution in [2.75, 3.05) is 13.7 Å². The first-order valence-electron chi connectivity index (χ1n) is 4.24. The summed E-state index contributed by atoms with van der Waals surface area (Å²) in [5, 5.41) is 3.94. The van der Waals surface area contributed by atoms with Gasteiger partial charge in [-0.3, -0.25) is 0 Å². The van der Waals surface area contributed by atoms with Gasteiger partial charge in [0.05, 0.1) is 12.1 Å². The van der Waals surface area contributed by atoms with Crippen molar-refractivity contribution in [3.8, 4) is 5.88 Å². The lowest BCUT2D eigenvalue weighted by atomic mass is 9.99. The van der Waals surface area contributed by atoms with Crippen molar-refractivity contribution < 1.29 is 4.74 Å². The summed E-state index contributed by atoms with van der Waals surface area (Å²) in [6, 6.07) is 2.27. The average molecular weight is 199 g/mol. The van der Waals surface area contributed by atoms with Crippen molar-refractivity contribution in [3.63, 3.8) is 0 Å². The third-order valence-corrected chi connectivity index (χ3v) is 2.44. The molecule has 0 aliphatic carbocycles. The molecule has 2 rings (SSSR count). The normalized spacial score (nSPS) is 20.9. The van der Waals surface area contributed by atoms with Crippen LogP contribution >= 0.6 is 11.6 Å². The van der Waals surface area contributed by atoms with Crippen LogP contribution in [0.15, 0.2) is 12.3 Å². The third-order valence-electron chi connectivity index (χ3n) is 2.24. The van der Waals surface area contributed by atoms with Gasteiger partial charge in [-0.05, 0) is 19.0 Å². The zero-order chi connectivity index (χ0) is 9.26. The fourth-order valence-electron chi connectivity index (χ4n) is 1.42. The zero-order valence-electron chi connectivity index (χ0n) is 7.38. The van der Waals surface area contributed by atoms with E-state index >= 15 is 0 Å². The number of hydrogen-bond acceptors (Lipinski definition) is 3. The standard InChI is InChI=1S/C9H11ClN2O/c1-13-9-7(8-2-3-11-8)4-6(10)5-12-9/h4-5,8,11H,2-3H2,1H3. The molecule has 1 aromatic heterocycles. The van der Waals surface area contributed by atoms with Gasteiger partial charge in [-0.25, -0.2) is 4.98 Å². The number of nitrogens with zero attached hydrogens (tertiary/aromatic N) is 1. The van der Waals surface area contributed by atoms with Gasteiger partial charge in [-0.1, -0.05) is 11.6 Å². The van der Waals surface area contributed by atoms with Gasteiger partial charge in [-0.15, -0.1) is 0 Å². The van der Waals surface area contributed by atoms with E-state index in [0.717, 1.165) is 18.5 Å². The molecule has 0 saturated carbocycles. The van der Waals surface area contributed by atoms with E-state index in [2.05, 4.69) is 10.3 Å². The summed E-state index contributed by atoms with van der Waals surface area (Å²) in [6.45, 7) is 1.06. The number of aromatic nitrogens is 1. The Labute approximate surface area is 82.1 Å². The van der Waals surface area contributed by atoms with E-state index in [-0.39, 0.29) is 0 Å². The van der Waals surface area contributed by atoms with Crippen LogP contribution in [0, 0.1) is 0 Å². The van der Waals surface area contributed by atoms with Crippen LogP contribution in [0.25, 0.3) is 0 Å². The molecule has 70 valence electrons. The van der Waals surface area contributed by atoms with Gasteiger partial charge in [0.15, 0.2) is 0 Å². The molecular weight excluding hydrogens is 188 g/mol. The molecule has 1 fully saturated rings. The van der Waals surface area contributed by atoms with Crippen LogP contribution in [0.5, 0.6) is 5.88 Å². The first kappa shape index (κ1) is 8.78. The Hall–Kier alpha value is -0.800. The van der Waals surface area contributed by atoms with Gasteiger partial charge < -0.3 is 10.1 Å². The number of ether oxygens (including phenoxy) is 1. The molecule has 1 N–H and O–H groups in total. The van der Waals surface area contributed by atoms with Gasteiger partial charge in [0.2, 0.25) is 5.88 Å². The number of nitrogens with one attached hydrogen (secondary N) is 1. The van der Waals surface area contributed by atoms with E-state index in [9.17, 15) is 0 Å². The van der Waals surface area contributed by atoms with Crippen molar-refractivity contribution in [2.24, 2.45) is 0 Å². The van der Waals surface area contributed by atoms with Gasteiger partial charge in [-0.2, -0.15) is 0 Å². The van der Waals surface area contributed by atoms with Crippen LogP contribution in [-0.2, 0) is 0 Å². The fraction of sp³-hybridized carbons (Fsp3) is 0.444. The molecule has 0 radical (unpaired) electrons. The Balaban J connectivity index is 2.33. The Morgan fingerprint density at radius 1 is 1.69 bits per heavy atom. The molecule has 0 bridgehead atoms. The lowest BCUT2D eigenvalue weighted by molar-refractivity contribution is 0.345. The van der Waals surface area contributed by atoms with Gasteiger partial charge in [0, 0.05) is 17.8 Å². The van der Waals surface area contributed by atoms with Crippen LogP contribution in [0.4, 0.5) is 0 Å². The minimum absolute atomic E-state index is 0.362.